The molecule has 1 atom stereocenters. The summed E-state index contributed by atoms with van der Waals surface area (Å²) in [6.07, 6.45) is 4.53. The molecule has 23 heavy (non-hydrogen) atoms. The van der Waals surface area contributed by atoms with Gasteiger partial charge in [-0.3, -0.25) is 9.48 Å². The molecule has 1 fully saturated rings. The molecule has 1 saturated heterocycles. The van der Waals surface area contributed by atoms with Gasteiger partial charge in [0.1, 0.15) is 4.90 Å². The van der Waals surface area contributed by atoms with Crippen LogP contribution < -0.4 is 0 Å². The topological polar surface area (TPSA) is 72.3 Å². The third-order valence-corrected chi connectivity index (χ3v) is 6.03. The Morgan fingerprint density at radius 2 is 2.04 bits per heavy atom. The van der Waals surface area contributed by atoms with Crippen molar-refractivity contribution in [1.29, 1.82) is 0 Å². The van der Waals surface area contributed by atoms with E-state index in [0.717, 1.165) is 6.42 Å². The molecule has 0 saturated carbocycles. The summed E-state index contributed by atoms with van der Waals surface area (Å²) >= 11 is 0. The van der Waals surface area contributed by atoms with Gasteiger partial charge in [0, 0.05) is 37.8 Å². The summed E-state index contributed by atoms with van der Waals surface area (Å²) < 4.78 is 28.4. The molecule has 6 nitrogen and oxygen atoms in total. The number of aryl methyl sites for hydroxylation is 1. The van der Waals surface area contributed by atoms with Crippen molar-refractivity contribution in [2.24, 2.45) is 7.05 Å². The van der Waals surface area contributed by atoms with E-state index >= 15 is 0 Å². The van der Waals surface area contributed by atoms with Gasteiger partial charge in [-0.05, 0) is 12.8 Å². The molecule has 7 heteroatoms. The second kappa shape index (κ2) is 6.25. The van der Waals surface area contributed by atoms with Crippen molar-refractivity contribution in [3.05, 3.63) is 48.3 Å². The van der Waals surface area contributed by atoms with E-state index in [1.54, 1.807) is 19.2 Å². The van der Waals surface area contributed by atoms with Crippen molar-refractivity contribution >= 4 is 15.8 Å². The number of ketones is 1. The summed E-state index contributed by atoms with van der Waals surface area (Å²) in [6, 6.07) is 8.71. The van der Waals surface area contributed by atoms with Crippen molar-refractivity contribution < 1.29 is 13.2 Å². The Bertz CT molecular complexity index is 799. The minimum Gasteiger partial charge on any atom is -0.294 e. The number of carbonyl (C=O) groups excluding carboxylic acids is 1. The van der Waals surface area contributed by atoms with Crippen LogP contribution in [0.2, 0.25) is 0 Å². The predicted molar refractivity (Wildman–Crippen MR) is 85.5 cm³/mol. The van der Waals surface area contributed by atoms with Gasteiger partial charge < -0.3 is 0 Å². The van der Waals surface area contributed by atoms with Crippen LogP contribution in [0, 0.1) is 0 Å². The maximum atomic E-state index is 12.7. The van der Waals surface area contributed by atoms with E-state index in [9.17, 15) is 13.2 Å². The minimum absolute atomic E-state index is 0.0242. The van der Waals surface area contributed by atoms with Gasteiger partial charge in [0.05, 0.1) is 6.20 Å². The smallest absolute Gasteiger partial charge is 0.246 e. The molecule has 0 unspecified atom stereocenters. The quantitative estimate of drug-likeness (QED) is 0.783. The molecule has 1 aliphatic rings. The molecule has 2 aromatic rings. The van der Waals surface area contributed by atoms with Crippen molar-refractivity contribution in [1.82, 2.24) is 14.1 Å². The summed E-state index contributed by atoms with van der Waals surface area (Å²) in [5, 5.41) is 3.93. The van der Waals surface area contributed by atoms with Crippen LogP contribution in [-0.4, -0.2) is 40.9 Å². The summed E-state index contributed by atoms with van der Waals surface area (Å²) in [6.45, 7) is 0.448. The Balaban J connectivity index is 1.79. The Labute approximate surface area is 135 Å². The van der Waals surface area contributed by atoms with Crippen LogP contribution in [0.1, 0.15) is 29.6 Å². The highest BCUT2D eigenvalue weighted by Gasteiger charge is 2.37. The van der Waals surface area contributed by atoms with Gasteiger partial charge in [0.25, 0.3) is 0 Å². The third-order valence-electron chi connectivity index (χ3n) is 4.13. The van der Waals surface area contributed by atoms with Gasteiger partial charge in [-0.15, -0.1) is 0 Å². The summed E-state index contributed by atoms with van der Waals surface area (Å²) in [5.74, 6) is -0.0242. The van der Waals surface area contributed by atoms with Crippen molar-refractivity contribution in [3.8, 4) is 0 Å². The molecule has 0 aliphatic carbocycles. The second-order valence-electron chi connectivity index (χ2n) is 5.75. The van der Waals surface area contributed by atoms with E-state index in [-0.39, 0.29) is 23.1 Å². The van der Waals surface area contributed by atoms with Crippen LogP contribution in [-0.2, 0) is 17.1 Å². The molecule has 0 radical (unpaired) electrons. The average Bonchev–Trinajstić information content (AvgIpc) is 3.17. The zero-order valence-electron chi connectivity index (χ0n) is 12.9. The SMILES string of the molecule is Cn1cc(S(=O)(=O)N2CCC[C@H]2CC(=O)c2ccccc2)cn1. The zero-order valence-corrected chi connectivity index (χ0v) is 13.7. The maximum absolute atomic E-state index is 12.7. The monoisotopic (exact) mass is 333 g/mol. The number of hydrogen-bond donors (Lipinski definition) is 0. The molecule has 122 valence electrons. The summed E-state index contributed by atoms with van der Waals surface area (Å²) in [5.41, 5.74) is 0.623. The van der Waals surface area contributed by atoms with E-state index in [0.29, 0.717) is 18.5 Å². The van der Waals surface area contributed by atoms with Crippen molar-refractivity contribution in [3.63, 3.8) is 0 Å². The lowest BCUT2D eigenvalue weighted by atomic mass is 10.0. The number of benzene rings is 1. The third kappa shape index (κ3) is 3.20. The number of carbonyl (C=O) groups is 1. The molecule has 1 aromatic heterocycles. The van der Waals surface area contributed by atoms with Gasteiger partial charge in [-0.1, -0.05) is 30.3 Å². The van der Waals surface area contributed by atoms with Crippen molar-refractivity contribution in [2.75, 3.05) is 6.54 Å². The zero-order chi connectivity index (χ0) is 16.4. The Hall–Kier alpha value is -1.99. The first-order valence-electron chi connectivity index (χ1n) is 7.57. The number of sulfonamides is 1. The highest BCUT2D eigenvalue weighted by molar-refractivity contribution is 7.89. The normalized spacial score (nSPS) is 19.1. The lowest BCUT2D eigenvalue weighted by Gasteiger charge is -2.22. The maximum Gasteiger partial charge on any atom is 0.246 e. The van der Waals surface area contributed by atoms with Crippen LogP contribution in [0.3, 0.4) is 0 Å². The summed E-state index contributed by atoms with van der Waals surface area (Å²) in [7, 11) is -1.92. The molecule has 0 amide bonds. The van der Waals surface area contributed by atoms with Gasteiger partial charge in [-0.25, -0.2) is 8.42 Å². The highest BCUT2D eigenvalue weighted by Crippen LogP contribution is 2.28. The molecular weight excluding hydrogens is 314 g/mol. The fourth-order valence-electron chi connectivity index (χ4n) is 2.95. The molecule has 1 aromatic carbocycles. The number of Topliss-reactive ketones (excluding diaryl/α,β-unsaturated/α-hetero) is 1. The van der Waals surface area contributed by atoms with Crippen LogP contribution >= 0.6 is 0 Å². The molecule has 1 aliphatic heterocycles. The van der Waals surface area contributed by atoms with E-state index < -0.39 is 10.0 Å². The van der Waals surface area contributed by atoms with E-state index in [1.807, 2.05) is 18.2 Å². The molecule has 0 bridgehead atoms. The molecule has 0 N–H and O–H groups in total. The van der Waals surface area contributed by atoms with Crippen LogP contribution in [0.15, 0.2) is 47.6 Å². The number of aromatic nitrogens is 2. The fraction of sp³-hybridized carbons (Fsp3) is 0.375. The van der Waals surface area contributed by atoms with Gasteiger partial charge in [-0.2, -0.15) is 9.40 Å². The Morgan fingerprint density at radius 1 is 1.30 bits per heavy atom. The minimum atomic E-state index is -3.60. The number of hydrogen-bond acceptors (Lipinski definition) is 4. The Morgan fingerprint density at radius 3 is 2.70 bits per heavy atom. The van der Waals surface area contributed by atoms with Gasteiger partial charge >= 0.3 is 0 Å². The lowest BCUT2D eigenvalue weighted by molar-refractivity contribution is 0.0961. The number of nitrogens with zero attached hydrogens (tertiary/aromatic N) is 3. The fourth-order valence-corrected chi connectivity index (χ4v) is 4.63. The second-order valence-corrected chi connectivity index (χ2v) is 7.65. The first kappa shape index (κ1) is 15.9. The van der Waals surface area contributed by atoms with Crippen LogP contribution in [0.4, 0.5) is 0 Å². The molecular formula is C16H19N3O3S. The molecule has 2 heterocycles. The Kier molecular flexibility index (Phi) is 4.32. The summed E-state index contributed by atoms with van der Waals surface area (Å²) in [4.78, 5) is 12.6. The highest BCUT2D eigenvalue weighted by atomic mass is 32.2. The van der Waals surface area contributed by atoms with Gasteiger partial charge in [0.15, 0.2) is 5.78 Å². The van der Waals surface area contributed by atoms with E-state index in [2.05, 4.69) is 5.10 Å². The molecule has 3 rings (SSSR count). The van der Waals surface area contributed by atoms with Crippen LogP contribution in [0.25, 0.3) is 0 Å². The lowest BCUT2D eigenvalue weighted by Crippen LogP contribution is -2.36. The average molecular weight is 333 g/mol. The van der Waals surface area contributed by atoms with Crippen molar-refractivity contribution in [2.45, 2.75) is 30.2 Å². The van der Waals surface area contributed by atoms with Gasteiger partial charge in [0.2, 0.25) is 10.0 Å². The first-order chi connectivity index (χ1) is 11.0. The largest absolute Gasteiger partial charge is 0.294 e. The van der Waals surface area contributed by atoms with E-state index in [4.69, 9.17) is 0 Å². The standard InChI is InChI=1S/C16H19N3O3S/c1-18-12-15(11-17-18)23(21,22)19-9-5-8-14(19)10-16(20)13-6-3-2-4-7-13/h2-4,6-7,11-12,14H,5,8-10H2,1H3/t14-/m0/s1. The predicted octanol–water partition coefficient (Wildman–Crippen LogP) is 1.85. The van der Waals surface area contributed by atoms with E-state index in [1.165, 1.54) is 21.4 Å². The molecule has 0 spiro atoms. The first-order valence-corrected chi connectivity index (χ1v) is 9.01. The van der Waals surface area contributed by atoms with Crippen LogP contribution in [0.5, 0.6) is 0 Å². The number of rotatable bonds is 5.